The number of aromatic nitrogens is 3. The molecule has 0 aliphatic carbocycles. The predicted octanol–water partition coefficient (Wildman–Crippen LogP) is 4.97. The molecular weight excluding hydrogens is 520 g/mol. The van der Waals surface area contributed by atoms with E-state index < -0.39 is 6.04 Å². The van der Waals surface area contributed by atoms with E-state index in [1.807, 2.05) is 12.3 Å². The molecule has 1 atom stereocenters. The summed E-state index contributed by atoms with van der Waals surface area (Å²) < 4.78 is 22.6. The van der Waals surface area contributed by atoms with E-state index in [1.165, 1.54) is 6.07 Å². The molecular formula is C28H26N4O6S. The first-order chi connectivity index (χ1) is 19.0. The van der Waals surface area contributed by atoms with Crippen molar-refractivity contribution in [2.45, 2.75) is 25.8 Å². The van der Waals surface area contributed by atoms with E-state index in [0.29, 0.717) is 46.3 Å². The van der Waals surface area contributed by atoms with Gasteiger partial charge in [0.1, 0.15) is 29.0 Å². The summed E-state index contributed by atoms with van der Waals surface area (Å²) in [5.41, 5.74) is 1.71. The molecule has 0 saturated heterocycles. The summed E-state index contributed by atoms with van der Waals surface area (Å²) in [5, 5.41) is 7.06. The van der Waals surface area contributed by atoms with Crippen molar-refractivity contribution in [2.24, 2.45) is 0 Å². The Bertz CT molecular complexity index is 1640. The van der Waals surface area contributed by atoms with Crippen LogP contribution in [0.5, 0.6) is 5.75 Å². The Kier molecular flexibility index (Phi) is 7.78. The number of aryl methyl sites for hydroxylation is 1. The number of amides is 1. The van der Waals surface area contributed by atoms with Crippen molar-refractivity contribution in [3.63, 3.8) is 0 Å². The van der Waals surface area contributed by atoms with E-state index in [0.717, 1.165) is 5.75 Å². The van der Waals surface area contributed by atoms with Gasteiger partial charge in [-0.3, -0.25) is 14.6 Å². The summed E-state index contributed by atoms with van der Waals surface area (Å²) in [7, 11) is 1.58. The lowest BCUT2D eigenvalue weighted by Crippen LogP contribution is -2.30. The molecule has 11 heteroatoms. The van der Waals surface area contributed by atoms with E-state index in [4.69, 9.17) is 18.1 Å². The maximum absolute atomic E-state index is 13.4. The number of carbonyl (C=O) groups is 1. The van der Waals surface area contributed by atoms with Crippen LogP contribution in [0.25, 0.3) is 34.0 Å². The number of methoxy groups -OCH3 is 1. The number of rotatable bonds is 10. The molecule has 1 unspecified atom stereocenters. The third-order valence-electron chi connectivity index (χ3n) is 6.05. The molecule has 4 aromatic heterocycles. The molecule has 1 amide bonds. The highest BCUT2D eigenvalue weighted by atomic mass is 32.2. The Balaban J connectivity index is 1.46. The highest BCUT2D eigenvalue weighted by molar-refractivity contribution is 7.98. The minimum absolute atomic E-state index is 0.0602. The summed E-state index contributed by atoms with van der Waals surface area (Å²) in [6.45, 7) is 1.68. The standard InChI is InChI=1S/C28H26N4O6S/c1-16-14-22(33)26-25(36-16)19(24(37-26)17-7-9-18(35-2)10-8-17)15-23(34)30-21(11-13-39-3)28-31-27(32-38-28)20-6-4-5-12-29-20/h4-10,12,14,21H,11,13,15H2,1-3H3,(H,30,34). The number of furan rings is 1. The van der Waals surface area contributed by atoms with Crippen LogP contribution in [-0.4, -0.2) is 40.2 Å². The topological polar surface area (TPSA) is 133 Å². The first-order valence-electron chi connectivity index (χ1n) is 12.2. The second-order valence-corrected chi connectivity index (χ2v) is 9.75. The largest absolute Gasteiger partial charge is 0.497 e. The Morgan fingerprint density at radius 3 is 2.67 bits per heavy atom. The van der Waals surface area contributed by atoms with Crippen molar-refractivity contribution in [3.05, 3.63) is 82.2 Å². The van der Waals surface area contributed by atoms with Crippen molar-refractivity contribution in [2.75, 3.05) is 19.1 Å². The molecule has 5 rings (SSSR count). The zero-order chi connectivity index (χ0) is 27.4. The van der Waals surface area contributed by atoms with Gasteiger partial charge in [-0.2, -0.15) is 16.7 Å². The number of nitrogens with one attached hydrogen (secondary N) is 1. The fraction of sp³-hybridized carbons (Fsp3) is 0.250. The molecule has 200 valence electrons. The minimum Gasteiger partial charge on any atom is -0.497 e. The van der Waals surface area contributed by atoms with Crippen LogP contribution in [-0.2, 0) is 11.2 Å². The number of hydrogen-bond acceptors (Lipinski definition) is 10. The van der Waals surface area contributed by atoms with E-state index >= 15 is 0 Å². The van der Waals surface area contributed by atoms with Crippen LogP contribution < -0.4 is 15.5 Å². The van der Waals surface area contributed by atoms with Crippen molar-refractivity contribution >= 4 is 28.8 Å². The number of thioether (sulfide) groups is 1. The number of pyridine rings is 1. The van der Waals surface area contributed by atoms with E-state index in [-0.39, 0.29) is 34.8 Å². The summed E-state index contributed by atoms with van der Waals surface area (Å²) in [6.07, 6.45) is 4.10. The van der Waals surface area contributed by atoms with Crippen molar-refractivity contribution < 1.29 is 22.9 Å². The van der Waals surface area contributed by atoms with Crippen LogP contribution >= 0.6 is 11.8 Å². The van der Waals surface area contributed by atoms with Crippen LogP contribution in [0.4, 0.5) is 0 Å². The van der Waals surface area contributed by atoms with Crippen LogP contribution in [0, 0.1) is 6.92 Å². The number of benzene rings is 1. The number of hydrogen-bond donors (Lipinski definition) is 1. The van der Waals surface area contributed by atoms with Crippen LogP contribution in [0.15, 0.2) is 72.9 Å². The maximum Gasteiger partial charge on any atom is 0.249 e. The smallest absolute Gasteiger partial charge is 0.249 e. The van der Waals surface area contributed by atoms with E-state index in [1.54, 1.807) is 68.4 Å². The molecule has 10 nitrogen and oxygen atoms in total. The molecule has 0 aliphatic heterocycles. The summed E-state index contributed by atoms with van der Waals surface area (Å²) in [5.74, 6) is 2.53. The Hall–Kier alpha value is -4.38. The second kappa shape index (κ2) is 11.6. The molecule has 39 heavy (non-hydrogen) atoms. The van der Waals surface area contributed by atoms with Gasteiger partial charge in [0, 0.05) is 17.8 Å². The third-order valence-corrected chi connectivity index (χ3v) is 6.69. The fourth-order valence-corrected chi connectivity index (χ4v) is 4.64. The quantitative estimate of drug-likeness (QED) is 0.256. The molecule has 0 radical (unpaired) electrons. The highest BCUT2D eigenvalue weighted by Crippen LogP contribution is 2.34. The molecule has 0 aliphatic rings. The minimum atomic E-state index is -0.522. The number of ether oxygens (including phenoxy) is 1. The molecule has 4 heterocycles. The van der Waals surface area contributed by atoms with Gasteiger partial charge in [-0.25, -0.2) is 0 Å². The summed E-state index contributed by atoms with van der Waals surface area (Å²) in [6, 6.07) is 13.4. The average Bonchev–Trinajstić information content (AvgIpc) is 3.58. The lowest BCUT2D eigenvalue weighted by molar-refractivity contribution is -0.121. The zero-order valence-electron chi connectivity index (χ0n) is 21.6. The van der Waals surface area contributed by atoms with Gasteiger partial charge in [-0.15, -0.1) is 0 Å². The van der Waals surface area contributed by atoms with Crippen LogP contribution in [0.1, 0.15) is 29.7 Å². The second-order valence-electron chi connectivity index (χ2n) is 8.77. The Morgan fingerprint density at radius 1 is 1.13 bits per heavy atom. The van der Waals surface area contributed by atoms with Gasteiger partial charge in [-0.1, -0.05) is 11.2 Å². The van der Waals surface area contributed by atoms with Gasteiger partial charge in [0.25, 0.3) is 0 Å². The van der Waals surface area contributed by atoms with E-state index in [2.05, 4.69) is 20.4 Å². The zero-order valence-corrected chi connectivity index (χ0v) is 22.4. The lowest BCUT2D eigenvalue weighted by atomic mass is 10.0. The molecule has 5 aromatic rings. The molecule has 1 aromatic carbocycles. The van der Waals surface area contributed by atoms with E-state index in [9.17, 15) is 9.59 Å². The van der Waals surface area contributed by atoms with Gasteiger partial charge < -0.3 is 23.4 Å². The molecule has 0 bridgehead atoms. The number of nitrogens with zero attached hydrogens (tertiary/aromatic N) is 3. The first kappa shape index (κ1) is 26.2. The maximum atomic E-state index is 13.4. The first-order valence-corrected chi connectivity index (χ1v) is 13.6. The fourth-order valence-electron chi connectivity index (χ4n) is 4.17. The molecule has 1 N–H and O–H groups in total. The normalized spacial score (nSPS) is 12.0. The monoisotopic (exact) mass is 546 g/mol. The Labute approximate surface area is 227 Å². The van der Waals surface area contributed by atoms with Gasteiger partial charge >= 0.3 is 0 Å². The van der Waals surface area contributed by atoms with Crippen LogP contribution in [0.2, 0.25) is 0 Å². The summed E-state index contributed by atoms with van der Waals surface area (Å²) in [4.78, 5) is 34.8. The van der Waals surface area contributed by atoms with Crippen molar-refractivity contribution in [1.82, 2.24) is 20.4 Å². The summed E-state index contributed by atoms with van der Waals surface area (Å²) >= 11 is 1.64. The van der Waals surface area contributed by atoms with Crippen molar-refractivity contribution in [3.8, 4) is 28.6 Å². The lowest BCUT2D eigenvalue weighted by Gasteiger charge is -2.14. The van der Waals surface area contributed by atoms with Gasteiger partial charge in [0.05, 0.1) is 19.1 Å². The predicted molar refractivity (Wildman–Crippen MR) is 147 cm³/mol. The highest BCUT2D eigenvalue weighted by Gasteiger charge is 2.26. The Morgan fingerprint density at radius 2 is 1.95 bits per heavy atom. The van der Waals surface area contributed by atoms with Gasteiger partial charge in [-0.05, 0) is 61.8 Å². The van der Waals surface area contributed by atoms with Gasteiger partial charge in [0.15, 0.2) is 5.58 Å². The average molecular weight is 547 g/mol. The third kappa shape index (κ3) is 5.73. The van der Waals surface area contributed by atoms with Crippen molar-refractivity contribution in [1.29, 1.82) is 0 Å². The molecule has 0 spiro atoms. The van der Waals surface area contributed by atoms with Crippen LogP contribution in [0.3, 0.4) is 0 Å². The van der Waals surface area contributed by atoms with Gasteiger partial charge in [0.2, 0.25) is 28.6 Å². The number of fused-ring (bicyclic) bond motifs is 1. The molecule has 0 fully saturated rings. The molecule has 0 saturated carbocycles. The SMILES string of the molecule is COc1ccc(-c2oc3c(=O)cc(C)oc3c2CC(=O)NC(CCSC)c2nc(-c3ccccn3)no2)cc1. The number of carbonyl (C=O) groups excluding carboxylic acids is 1.